The van der Waals surface area contributed by atoms with Crippen LogP contribution in [0.2, 0.25) is 0 Å². The average Bonchev–Trinajstić information content (AvgIpc) is 2.96. The zero-order chi connectivity index (χ0) is 14.5. The van der Waals surface area contributed by atoms with E-state index < -0.39 is 0 Å². The fourth-order valence-corrected chi connectivity index (χ4v) is 3.12. The summed E-state index contributed by atoms with van der Waals surface area (Å²) >= 11 is 6.83. The number of hydrogen-bond donors (Lipinski definition) is 2. The largest absolute Gasteiger partial charge is 0.379 e. The molecule has 2 N–H and O–H groups in total. The second-order valence-corrected chi connectivity index (χ2v) is 6.15. The van der Waals surface area contributed by atoms with E-state index in [1.165, 1.54) is 16.2 Å². The second kappa shape index (κ2) is 7.13. The summed E-state index contributed by atoms with van der Waals surface area (Å²) in [6, 6.07) is 6.15. The Balaban J connectivity index is 1.44. The van der Waals surface area contributed by atoms with E-state index in [9.17, 15) is 0 Å². The van der Waals surface area contributed by atoms with E-state index in [0.29, 0.717) is 5.11 Å². The van der Waals surface area contributed by atoms with Crippen LogP contribution in [0.1, 0.15) is 0 Å². The summed E-state index contributed by atoms with van der Waals surface area (Å²) in [6.45, 7) is 5.49. The average molecular weight is 322 g/mol. The van der Waals surface area contributed by atoms with Gasteiger partial charge in [-0.05, 0) is 41.9 Å². The Hall–Kier alpha value is -1.28. The number of nitrogens with zero attached hydrogens (tertiary/aromatic N) is 2. The molecule has 2 heterocycles. The van der Waals surface area contributed by atoms with Gasteiger partial charge < -0.3 is 15.4 Å². The van der Waals surface area contributed by atoms with Crippen LogP contribution in [0.3, 0.4) is 0 Å². The number of rotatable bonds is 4. The fourth-order valence-electron chi connectivity index (χ4n) is 2.28. The van der Waals surface area contributed by atoms with Gasteiger partial charge in [0.1, 0.15) is 0 Å². The smallest absolute Gasteiger partial charge is 0.170 e. The lowest BCUT2D eigenvalue weighted by molar-refractivity contribution is 0.0389. The second-order valence-electron chi connectivity index (χ2n) is 4.91. The maximum atomic E-state index is 5.33. The summed E-state index contributed by atoms with van der Waals surface area (Å²) in [6.07, 6.45) is 1.88. The number of benzene rings is 1. The topological polar surface area (TPSA) is 49.4 Å². The van der Waals surface area contributed by atoms with E-state index >= 15 is 0 Å². The van der Waals surface area contributed by atoms with Crippen LogP contribution in [0.4, 0.5) is 5.69 Å². The van der Waals surface area contributed by atoms with Crippen molar-refractivity contribution in [2.75, 3.05) is 44.7 Å². The summed E-state index contributed by atoms with van der Waals surface area (Å²) in [5, 5.41) is 8.26. The van der Waals surface area contributed by atoms with Gasteiger partial charge in [0.05, 0.1) is 17.9 Å². The van der Waals surface area contributed by atoms with Crippen LogP contribution in [0, 0.1) is 0 Å². The van der Waals surface area contributed by atoms with Crippen molar-refractivity contribution in [3.63, 3.8) is 0 Å². The molecule has 5 nitrogen and oxygen atoms in total. The van der Waals surface area contributed by atoms with Gasteiger partial charge in [0.25, 0.3) is 0 Å². The summed E-state index contributed by atoms with van der Waals surface area (Å²) in [5.41, 5.74) is 0.992. The van der Waals surface area contributed by atoms with Crippen LogP contribution in [0.5, 0.6) is 0 Å². The molecular formula is C14H18N4OS2. The quantitative estimate of drug-likeness (QED) is 0.839. The number of aromatic nitrogens is 1. The van der Waals surface area contributed by atoms with E-state index in [-0.39, 0.29) is 0 Å². The van der Waals surface area contributed by atoms with Gasteiger partial charge in [-0.15, -0.1) is 0 Å². The number of ether oxygens (including phenoxy) is 1. The lowest BCUT2D eigenvalue weighted by Crippen LogP contribution is -2.42. The maximum Gasteiger partial charge on any atom is 0.170 e. The minimum absolute atomic E-state index is 0.658. The van der Waals surface area contributed by atoms with Crippen LogP contribution in [0.15, 0.2) is 24.4 Å². The van der Waals surface area contributed by atoms with Gasteiger partial charge in [0.2, 0.25) is 0 Å². The standard InChI is InChI=1S/C14H18N4OS2/c20-14(15-3-4-18-5-7-19-8-6-18)17-12-1-2-13-11(9-12)10-16-21-13/h1-2,9-10H,3-8H2,(H2,15,17,20). The van der Waals surface area contributed by atoms with E-state index in [4.69, 9.17) is 17.0 Å². The lowest BCUT2D eigenvalue weighted by Gasteiger charge is -2.26. The number of morpholine rings is 1. The van der Waals surface area contributed by atoms with E-state index in [2.05, 4.69) is 32.0 Å². The first-order valence-electron chi connectivity index (χ1n) is 7.01. The molecule has 21 heavy (non-hydrogen) atoms. The number of fused-ring (bicyclic) bond motifs is 1. The summed E-state index contributed by atoms with van der Waals surface area (Å²) in [5.74, 6) is 0. The molecule has 7 heteroatoms. The van der Waals surface area contributed by atoms with Crippen LogP contribution < -0.4 is 10.6 Å². The SMILES string of the molecule is S=C(NCCN1CCOCC1)Nc1ccc2sncc2c1. The molecule has 3 rings (SSSR count). The molecule has 112 valence electrons. The first kappa shape index (κ1) is 14.6. The highest BCUT2D eigenvalue weighted by Gasteiger charge is 2.09. The molecule has 0 spiro atoms. The summed E-state index contributed by atoms with van der Waals surface area (Å²) < 4.78 is 10.7. The fraction of sp³-hybridized carbons (Fsp3) is 0.429. The maximum absolute atomic E-state index is 5.33. The zero-order valence-corrected chi connectivity index (χ0v) is 13.3. The van der Waals surface area contributed by atoms with Crippen molar-refractivity contribution in [3.8, 4) is 0 Å². The lowest BCUT2D eigenvalue weighted by atomic mass is 10.2. The molecule has 1 aromatic carbocycles. The van der Waals surface area contributed by atoms with Crippen LogP contribution >= 0.6 is 23.8 Å². The van der Waals surface area contributed by atoms with E-state index in [1.54, 1.807) is 0 Å². The molecule has 1 aliphatic heterocycles. The Kier molecular flexibility index (Phi) is 4.97. The van der Waals surface area contributed by atoms with Crippen LogP contribution in [-0.2, 0) is 4.74 Å². The molecule has 0 atom stereocenters. The number of nitrogens with one attached hydrogen (secondary N) is 2. The van der Waals surface area contributed by atoms with Crippen LogP contribution in [-0.4, -0.2) is 53.8 Å². The monoisotopic (exact) mass is 322 g/mol. The Morgan fingerprint density at radius 3 is 3.10 bits per heavy atom. The number of hydrogen-bond acceptors (Lipinski definition) is 5. The zero-order valence-electron chi connectivity index (χ0n) is 11.7. The third-order valence-corrected chi connectivity index (χ3v) is 4.45. The molecule has 0 amide bonds. The van der Waals surface area contributed by atoms with Gasteiger partial charge in [0, 0.05) is 43.4 Å². The van der Waals surface area contributed by atoms with Crippen molar-refractivity contribution in [2.45, 2.75) is 0 Å². The molecule has 1 aromatic heterocycles. The first-order chi connectivity index (χ1) is 10.3. The van der Waals surface area contributed by atoms with E-state index in [1.807, 2.05) is 12.3 Å². The highest BCUT2D eigenvalue weighted by Crippen LogP contribution is 2.21. The minimum atomic E-state index is 0.658. The Labute approximate surface area is 133 Å². The van der Waals surface area contributed by atoms with E-state index in [0.717, 1.165) is 50.5 Å². The van der Waals surface area contributed by atoms with Gasteiger partial charge in [-0.1, -0.05) is 0 Å². The van der Waals surface area contributed by atoms with Crippen molar-refractivity contribution in [1.82, 2.24) is 14.6 Å². The van der Waals surface area contributed by atoms with Gasteiger partial charge >= 0.3 is 0 Å². The number of anilines is 1. The van der Waals surface area contributed by atoms with Crippen molar-refractivity contribution < 1.29 is 4.74 Å². The van der Waals surface area contributed by atoms with Crippen molar-refractivity contribution in [2.24, 2.45) is 0 Å². The molecule has 1 saturated heterocycles. The van der Waals surface area contributed by atoms with Gasteiger partial charge in [0.15, 0.2) is 5.11 Å². The number of thiocarbonyl (C=S) groups is 1. The Bertz CT molecular complexity index is 610. The Morgan fingerprint density at radius 1 is 1.38 bits per heavy atom. The molecule has 0 radical (unpaired) electrons. The molecule has 0 unspecified atom stereocenters. The highest BCUT2D eigenvalue weighted by atomic mass is 32.1. The molecule has 1 aliphatic rings. The molecule has 0 saturated carbocycles. The summed E-state index contributed by atoms with van der Waals surface area (Å²) in [4.78, 5) is 2.38. The van der Waals surface area contributed by atoms with Crippen molar-refractivity contribution in [3.05, 3.63) is 24.4 Å². The Morgan fingerprint density at radius 2 is 2.24 bits per heavy atom. The first-order valence-corrected chi connectivity index (χ1v) is 8.19. The summed E-state index contributed by atoms with van der Waals surface area (Å²) in [7, 11) is 0. The predicted octanol–water partition coefficient (Wildman–Crippen LogP) is 1.91. The van der Waals surface area contributed by atoms with Gasteiger partial charge in [-0.2, -0.15) is 4.37 Å². The van der Waals surface area contributed by atoms with Crippen molar-refractivity contribution in [1.29, 1.82) is 0 Å². The third kappa shape index (κ3) is 4.10. The third-order valence-electron chi connectivity index (χ3n) is 3.43. The molecule has 0 aliphatic carbocycles. The van der Waals surface area contributed by atoms with Gasteiger partial charge in [-0.25, -0.2) is 0 Å². The molecule has 1 fully saturated rings. The van der Waals surface area contributed by atoms with Crippen LogP contribution in [0.25, 0.3) is 10.1 Å². The van der Waals surface area contributed by atoms with Gasteiger partial charge in [-0.3, -0.25) is 4.90 Å². The molecule has 0 bridgehead atoms. The normalized spacial score (nSPS) is 16.0. The predicted molar refractivity (Wildman–Crippen MR) is 91.1 cm³/mol. The molecule has 2 aromatic rings. The minimum Gasteiger partial charge on any atom is -0.379 e. The molecular weight excluding hydrogens is 304 g/mol. The van der Waals surface area contributed by atoms with Crippen molar-refractivity contribution >= 4 is 44.6 Å². The highest BCUT2D eigenvalue weighted by molar-refractivity contribution is 7.80.